The first kappa shape index (κ1) is 10.4. The summed E-state index contributed by atoms with van der Waals surface area (Å²) in [5, 5.41) is 0. The van der Waals surface area contributed by atoms with E-state index in [0.717, 1.165) is 10.0 Å². The molecule has 0 amide bonds. The summed E-state index contributed by atoms with van der Waals surface area (Å²) in [7, 11) is 0. The lowest BCUT2D eigenvalue weighted by molar-refractivity contribution is 0.384. The van der Waals surface area contributed by atoms with Crippen LogP contribution in [0.3, 0.4) is 0 Å². The predicted molar refractivity (Wildman–Crippen MR) is 65.0 cm³/mol. The van der Waals surface area contributed by atoms with Crippen molar-refractivity contribution in [2.45, 2.75) is 19.4 Å². The van der Waals surface area contributed by atoms with E-state index < -0.39 is 0 Å². The number of hydrogen-bond donors (Lipinski definition) is 0. The van der Waals surface area contributed by atoms with Gasteiger partial charge in [0.05, 0.1) is 5.56 Å². The summed E-state index contributed by atoms with van der Waals surface area (Å²) in [5.74, 6) is 1.32. The molecule has 0 spiro atoms. The predicted octanol–water partition coefficient (Wildman–Crippen LogP) is 3.52. The van der Waals surface area contributed by atoms with Crippen molar-refractivity contribution in [3.05, 3.63) is 46.6 Å². The molecule has 0 fully saturated rings. The van der Waals surface area contributed by atoms with Crippen molar-refractivity contribution in [2.24, 2.45) is 4.99 Å². The average molecular weight is 266 g/mol. The minimum Gasteiger partial charge on any atom is -0.441 e. The monoisotopic (exact) mass is 265 g/mol. The average Bonchev–Trinajstić information content (AvgIpc) is 2.42. The van der Waals surface area contributed by atoms with Crippen molar-refractivity contribution in [3.8, 4) is 0 Å². The highest BCUT2D eigenvalue weighted by atomic mass is 79.9. The summed E-state index contributed by atoms with van der Waals surface area (Å²) >= 11 is 3.47. The molecule has 0 saturated carbocycles. The van der Waals surface area contributed by atoms with Gasteiger partial charge in [0, 0.05) is 4.47 Å². The Bertz CT molecular complexity index is 449. The van der Waals surface area contributed by atoms with E-state index in [9.17, 15) is 0 Å². The Kier molecular flexibility index (Phi) is 2.43. The topological polar surface area (TPSA) is 21.6 Å². The second-order valence-electron chi connectivity index (χ2n) is 3.98. The maximum atomic E-state index is 5.57. The fourth-order valence-corrected chi connectivity index (χ4v) is 1.78. The van der Waals surface area contributed by atoms with E-state index in [-0.39, 0.29) is 5.54 Å². The molecule has 2 rings (SSSR count). The quantitative estimate of drug-likeness (QED) is 0.762. The molecule has 15 heavy (non-hydrogen) atoms. The van der Waals surface area contributed by atoms with Gasteiger partial charge in [-0.1, -0.05) is 18.7 Å². The van der Waals surface area contributed by atoms with Crippen LogP contribution in [0.15, 0.2) is 46.1 Å². The highest BCUT2D eigenvalue weighted by molar-refractivity contribution is 9.10. The Morgan fingerprint density at radius 2 is 2.00 bits per heavy atom. The molecule has 1 aliphatic heterocycles. The van der Waals surface area contributed by atoms with Crippen LogP contribution in [0, 0.1) is 0 Å². The second-order valence-corrected chi connectivity index (χ2v) is 4.84. The van der Waals surface area contributed by atoms with Crippen molar-refractivity contribution >= 4 is 21.8 Å². The van der Waals surface area contributed by atoms with Gasteiger partial charge in [-0.15, -0.1) is 0 Å². The zero-order valence-electron chi connectivity index (χ0n) is 8.75. The third-order valence-electron chi connectivity index (χ3n) is 2.39. The molecule has 0 atom stereocenters. The number of benzene rings is 1. The molecule has 0 aliphatic carbocycles. The molecule has 1 aliphatic rings. The lowest BCUT2D eigenvalue weighted by Gasteiger charge is -2.11. The smallest absolute Gasteiger partial charge is 0.223 e. The molecule has 1 aromatic rings. The zero-order chi connectivity index (χ0) is 11.1. The third-order valence-corrected chi connectivity index (χ3v) is 3.08. The van der Waals surface area contributed by atoms with E-state index in [4.69, 9.17) is 4.74 Å². The van der Waals surface area contributed by atoms with E-state index in [1.165, 1.54) is 0 Å². The summed E-state index contributed by atoms with van der Waals surface area (Å²) in [6, 6.07) is 7.86. The molecule has 0 unspecified atom stereocenters. The van der Waals surface area contributed by atoms with E-state index in [2.05, 4.69) is 27.5 Å². The van der Waals surface area contributed by atoms with Gasteiger partial charge in [-0.3, -0.25) is 0 Å². The highest BCUT2D eigenvalue weighted by Crippen LogP contribution is 2.31. The SMILES string of the molecule is C=C1OC(c2ccccc2Br)=NC1(C)C. The van der Waals surface area contributed by atoms with Gasteiger partial charge in [-0.2, -0.15) is 0 Å². The molecule has 0 N–H and O–H groups in total. The van der Waals surface area contributed by atoms with E-state index in [1.54, 1.807) is 0 Å². The minimum atomic E-state index is -0.329. The maximum Gasteiger partial charge on any atom is 0.223 e. The van der Waals surface area contributed by atoms with Gasteiger partial charge in [-0.25, -0.2) is 4.99 Å². The number of hydrogen-bond acceptors (Lipinski definition) is 2. The summed E-state index contributed by atoms with van der Waals surface area (Å²) in [5.41, 5.74) is 0.633. The van der Waals surface area contributed by atoms with E-state index >= 15 is 0 Å². The van der Waals surface area contributed by atoms with Gasteiger partial charge in [0.15, 0.2) is 0 Å². The molecule has 78 valence electrons. The van der Waals surface area contributed by atoms with Crippen LogP contribution in [0.1, 0.15) is 19.4 Å². The molecule has 0 saturated heterocycles. The number of halogens is 1. The first-order chi connectivity index (χ1) is 7.00. The van der Waals surface area contributed by atoms with Gasteiger partial charge in [0.2, 0.25) is 5.90 Å². The molecule has 3 heteroatoms. The summed E-state index contributed by atoms with van der Waals surface area (Å²) in [6.07, 6.45) is 0. The fourth-order valence-electron chi connectivity index (χ4n) is 1.33. The summed E-state index contributed by atoms with van der Waals surface area (Å²) in [6.45, 7) is 7.83. The van der Waals surface area contributed by atoms with Crippen LogP contribution in [0.25, 0.3) is 0 Å². The van der Waals surface area contributed by atoms with Gasteiger partial charge in [0.25, 0.3) is 0 Å². The van der Waals surface area contributed by atoms with Crippen molar-refractivity contribution in [1.29, 1.82) is 0 Å². The van der Waals surface area contributed by atoms with Crippen LogP contribution in [0.5, 0.6) is 0 Å². The standard InChI is InChI=1S/C12H12BrNO/c1-8-12(2,3)14-11(15-8)9-6-4-5-7-10(9)13/h4-7H,1H2,2-3H3. The molecule has 0 bridgehead atoms. The number of rotatable bonds is 1. The van der Waals surface area contributed by atoms with Gasteiger partial charge < -0.3 is 4.74 Å². The molecule has 2 nitrogen and oxygen atoms in total. The van der Waals surface area contributed by atoms with Gasteiger partial charge >= 0.3 is 0 Å². The fraction of sp³-hybridized carbons (Fsp3) is 0.250. The molecule has 1 heterocycles. The van der Waals surface area contributed by atoms with Gasteiger partial charge in [0.1, 0.15) is 11.3 Å². The number of aliphatic imine (C=N–C) groups is 1. The molecule has 1 aromatic carbocycles. The van der Waals surface area contributed by atoms with Crippen LogP contribution in [0.4, 0.5) is 0 Å². The lowest BCUT2D eigenvalue weighted by atomic mass is 10.1. The molecule has 0 radical (unpaired) electrons. The first-order valence-corrected chi connectivity index (χ1v) is 5.52. The molecular weight excluding hydrogens is 254 g/mol. The van der Waals surface area contributed by atoms with Crippen LogP contribution in [-0.2, 0) is 4.74 Å². The number of ether oxygens (including phenoxy) is 1. The Labute approximate surface area is 97.8 Å². The third kappa shape index (κ3) is 1.84. The normalized spacial score (nSPS) is 18.6. The Hall–Kier alpha value is -1.09. The van der Waals surface area contributed by atoms with Crippen LogP contribution >= 0.6 is 15.9 Å². The zero-order valence-corrected chi connectivity index (χ0v) is 10.3. The van der Waals surface area contributed by atoms with Gasteiger partial charge in [-0.05, 0) is 41.9 Å². The highest BCUT2D eigenvalue weighted by Gasteiger charge is 2.32. The second kappa shape index (κ2) is 3.49. The van der Waals surface area contributed by atoms with E-state index in [0.29, 0.717) is 11.7 Å². The van der Waals surface area contributed by atoms with Crippen LogP contribution < -0.4 is 0 Å². The maximum absolute atomic E-state index is 5.57. The summed E-state index contributed by atoms with van der Waals surface area (Å²) in [4.78, 5) is 4.50. The largest absolute Gasteiger partial charge is 0.441 e. The molecular formula is C12H12BrNO. The minimum absolute atomic E-state index is 0.329. The molecule has 0 aromatic heterocycles. The van der Waals surface area contributed by atoms with Crippen LogP contribution in [0.2, 0.25) is 0 Å². The summed E-state index contributed by atoms with van der Waals surface area (Å²) < 4.78 is 6.55. The Morgan fingerprint density at radius 3 is 2.53 bits per heavy atom. The van der Waals surface area contributed by atoms with Crippen molar-refractivity contribution < 1.29 is 4.74 Å². The Morgan fingerprint density at radius 1 is 1.33 bits per heavy atom. The van der Waals surface area contributed by atoms with Crippen molar-refractivity contribution in [1.82, 2.24) is 0 Å². The number of nitrogens with zero attached hydrogens (tertiary/aromatic N) is 1. The van der Waals surface area contributed by atoms with Crippen LogP contribution in [-0.4, -0.2) is 11.4 Å². The van der Waals surface area contributed by atoms with Crippen molar-refractivity contribution in [3.63, 3.8) is 0 Å². The van der Waals surface area contributed by atoms with Crippen molar-refractivity contribution in [2.75, 3.05) is 0 Å². The lowest BCUT2D eigenvalue weighted by Crippen LogP contribution is -2.14. The Balaban J connectivity index is 2.44. The van der Waals surface area contributed by atoms with E-state index in [1.807, 2.05) is 38.1 Å². The first-order valence-electron chi connectivity index (χ1n) is 4.73.